The molecule has 0 bridgehead atoms. The molecule has 1 nitrogen and oxygen atoms in total. The van der Waals surface area contributed by atoms with Gasteiger partial charge in [-0.1, -0.05) is 0 Å². The van der Waals surface area contributed by atoms with Gasteiger partial charge in [0.25, 0.3) is 0 Å². The van der Waals surface area contributed by atoms with Crippen molar-refractivity contribution < 1.29 is 20.4 Å². The third-order valence-electron chi connectivity index (χ3n) is 2.25. The van der Waals surface area contributed by atoms with Crippen LogP contribution in [0.4, 0.5) is 0 Å². The number of hydrogen-bond donors (Lipinski definition) is 1. The Morgan fingerprint density at radius 1 is 1.33 bits per heavy atom. The molecule has 0 fully saturated rings. The predicted octanol–water partition coefficient (Wildman–Crippen LogP) is 3.33. The Labute approximate surface area is 118 Å². The molecule has 1 N–H and O–H groups in total. The van der Waals surface area contributed by atoms with Crippen molar-refractivity contribution >= 4 is 33.0 Å². The van der Waals surface area contributed by atoms with Gasteiger partial charge >= 0.3 is 94.3 Å². The number of allylic oxidation sites excluding steroid dienone is 4. The minimum absolute atomic E-state index is 0. The van der Waals surface area contributed by atoms with Crippen molar-refractivity contribution in [1.82, 2.24) is 4.98 Å². The zero-order valence-corrected chi connectivity index (χ0v) is 14.0. The van der Waals surface area contributed by atoms with Gasteiger partial charge in [0, 0.05) is 0 Å². The van der Waals surface area contributed by atoms with Gasteiger partial charge in [-0.05, 0) is 0 Å². The van der Waals surface area contributed by atoms with Crippen molar-refractivity contribution in [1.29, 1.82) is 0 Å². The molecule has 0 aromatic carbocycles. The molecule has 0 radical (unpaired) electrons. The summed E-state index contributed by atoms with van der Waals surface area (Å²) < 4.78 is 1.56. The van der Waals surface area contributed by atoms with Gasteiger partial charge in [-0.25, -0.2) is 0 Å². The smallest absolute Gasteiger partial charge is 0.147 e. The third kappa shape index (κ3) is 5.20. The molecule has 0 saturated carbocycles. The Bertz CT molecular complexity index is 262. The zero-order chi connectivity index (χ0) is 10.1. The maximum Gasteiger partial charge on any atom is -0.147 e. The second-order valence-corrected chi connectivity index (χ2v) is 9.44. The second-order valence-electron chi connectivity index (χ2n) is 4.42. The fraction of sp³-hybridized carbons (Fsp3) is 0.600. The fourth-order valence-electron chi connectivity index (χ4n) is 1.89. The Balaban J connectivity index is 0. The molecular weight excluding hydrogens is 281 g/mol. The molecule has 0 saturated heterocycles. The largest absolute Gasteiger partial charge is 0.147 e. The average Bonchev–Trinajstić information content (AvgIpc) is 2.32. The summed E-state index contributed by atoms with van der Waals surface area (Å²) in [6.45, 7) is 9.23. The van der Waals surface area contributed by atoms with Gasteiger partial charge in [-0.15, -0.1) is 24.8 Å². The zero-order valence-electron chi connectivity index (χ0n) is 9.76. The molecule has 15 heavy (non-hydrogen) atoms. The van der Waals surface area contributed by atoms with Crippen molar-refractivity contribution in [3.63, 3.8) is 0 Å². The van der Waals surface area contributed by atoms with Crippen LogP contribution < -0.4 is 4.98 Å². The monoisotopic (exact) mass is 300 g/mol. The van der Waals surface area contributed by atoms with E-state index in [4.69, 9.17) is 0 Å². The van der Waals surface area contributed by atoms with Gasteiger partial charge in [0.2, 0.25) is 0 Å². The van der Waals surface area contributed by atoms with Crippen LogP contribution in [0.15, 0.2) is 21.2 Å². The number of halogens is 2. The molecule has 0 spiro atoms. The molecule has 1 aliphatic rings. The summed E-state index contributed by atoms with van der Waals surface area (Å²) in [6, 6.07) is 0.593. The van der Waals surface area contributed by atoms with E-state index in [9.17, 15) is 0 Å². The van der Waals surface area contributed by atoms with E-state index >= 15 is 0 Å². The fourth-order valence-corrected chi connectivity index (χ4v) is 6.66. The molecular formula is C10H20Cl2NSiTi. The van der Waals surface area contributed by atoms with Gasteiger partial charge < -0.3 is 0 Å². The Hall–Kier alpha value is 0.951. The van der Waals surface area contributed by atoms with E-state index in [0.29, 0.717) is 6.04 Å². The van der Waals surface area contributed by atoms with Crippen LogP contribution in [0.5, 0.6) is 0 Å². The first kappa shape index (κ1) is 18.3. The predicted molar refractivity (Wildman–Crippen MR) is 71.0 cm³/mol. The quantitative estimate of drug-likeness (QED) is 0.788. The van der Waals surface area contributed by atoms with Crippen molar-refractivity contribution in [2.45, 2.75) is 39.4 Å². The van der Waals surface area contributed by atoms with Crippen molar-refractivity contribution in [3.05, 3.63) is 21.2 Å². The van der Waals surface area contributed by atoms with Crippen molar-refractivity contribution in [2.75, 3.05) is 0 Å². The molecule has 0 atom stereocenters. The Morgan fingerprint density at radius 2 is 1.87 bits per heavy atom. The van der Waals surface area contributed by atoms with Gasteiger partial charge in [-0.2, -0.15) is 0 Å². The van der Waals surface area contributed by atoms with Crippen LogP contribution in [0.25, 0.3) is 0 Å². The average molecular weight is 301 g/mol. The van der Waals surface area contributed by atoms with Gasteiger partial charge in [0.05, 0.1) is 0 Å². The van der Waals surface area contributed by atoms with E-state index in [1.807, 2.05) is 0 Å². The molecule has 5 heteroatoms. The third-order valence-corrected chi connectivity index (χ3v) is 6.50. The Kier molecular flexibility index (Phi) is 8.93. The molecule has 87 valence electrons. The number of hydrogen-bond acceptors (Lipinski definition) is 1. The van der Waals surface area contributed by atoms with E-state index in [0.717, 1.165) is 6.42 Å². The van der Waals surface area contributed by atoms with E-state index < -0.39 is 8.24 Å². The summed E-state index contributed by atoms with van der Waals surface area (Å²) >= 11 is 2.26. The molecule has 0 unspecified atom stereocenters. The van der Waals surface area contributed by atoms with Gasteiger partial charge in [-0.3, -0.25) is 0 Å². The van der Waals surface area contributed by atoms with E-state index in [1.165, 1.54) is 0 Å². The van der Waals surface area contributed by atoms with Crippen LogP contribution in [-0.2, 0) is 20.4 Å². The van der Waals surface area contributed by atoms with Crippen molar-refractivity contribution in [3.8, 4) is 0 Å². The summed E-state index contributed by atoms with van der Waals surface area (Å²) in [7, 11) is -1.35. The number of nitrogens with one attached hydrogen (secondary N) is 1. The molecule has 0 amide bonds. The maximum atomic E-state index is 3.72. The molecule has 0 aromatic rings. The summed E-state index contributed by atoms with van der Waals surface area (Å²) in [4.78, 5) is 3.72. The van der Waals surface area contributed by atoms with Crippen LogP contribution in [0.2, 0.25) is 13.1 Å². The second kappa shape index (κ2) is 7.31. The van der Waals surface area contributed by atoms with E-state index in [1.54, 1.807) is 9.07 Å². The maximum absolute atomic E-state index is 3.72. The molecule has 0 aromatic heterocycles. The summed E-state index contributed by atoms with van der Waals surface area (Å²) in [5.74, 6) is 0. The van der Waals surface area contributed by atoms with Crippen molar-refractivity contribution in [2.24, 2.45) is 0 Å². The normalized spacial score (nSPS) is 15.2. The first-order valence-electron chi connectivity index (χ1n) is 4.83. The molecule has 1 rings (SSSR count). The van der Waals surface area contributed by atoms with Crippen LogP contribution in [0, 0.1) is 0 Å². The summed E-state index contributed by atoms with van der Waals surface area (Å²) in [5.41, 5.74) is 0. The van der Waals surface area contributed by atoms with Crippen LogP contribution in [0.1, 0.15) is 20.3 Å². The topological polar surface area (TPSA) is 12.0 Å². The molecule has 0 heterocycles. The van der Waals surface area contributed by atoms with E-state index in [2.05, 4.69) is 64.5 Å². The Morgan fingerprint density at radius 3 is 2.20 bits per heavy atom. The van der Waals surface area contributed by atoms with Crippen LogP contribution in [-0.4, -0.2) is 14.3 Å². The van der Waals surface area contributed by atoms with Crippen LogP contribution in [0.3, 0.4) is 0 Å². The summed E-state index contributed by atoms with van der Waals surface area (Å²) in [6.07, 6.45) is 5.75. The molecule has 0 aliphatic heterocycles. The van der Waals surface area contributed by atoms with Crippen LogP contribution >= 0.6 is 24.8 Å². The molecule has 1 aliphatic carbocycles. The SMILES string of the molecule is CC(C)N[Si](C)(C)C1=[C]([Ti])CC=C1.Cl.Cl. The first-order chi connectivity index (χ1) is 5.93. The minimum atomic E-state index is -1.35. The van der Waals surface area contributed by atoms with E-state index in [-0.39, 0.29) is 24.8 Å². The number of rotatable bonds is 3. The van der Waals surface area contributed by atoms with Gasteiger partial charge in [0.15, 0.2) is 0 Å². The minimum Gasteiger partial charge on any atom is -0.147 e. The standard InChI is InChI=1S/C10H18NSi.2ClH.Ti/c1-9(2)11-12(3,4)10-7-5-6-8-10;;;/h5,7,9,11H,6H2,1-4H3;2*1H;. The van der Waals surface area contributed by atoms with Gasteiger partial charge in [0.1, 0.15) is 0 Å². The first-order valence-corrected chi connectivity index (χ1v) is 8.61. The summed E-state index contributed by atoms with van der Waals surface area (Å²) in [5, 5.41) is 1.60.